The fourth-order valence-electron chi connectivity index (χ4n) is 2.77. The molecule has 1 aliphatic rings. The van der Waals surface area contributed by atoms with Crippen molar-refractivity contribution in [3.05, 3.63) is 35.3 Å². The van der Waals surface area contributed by atoms with Gasteiger partial charge in [0.05, 0.1) is 17.0 Å². The lowest BCUT2D eigenvalue weighted by atomic mass is 10.0. The predicted molar refractivity (Wildman–Crippen MR) is 88.4 cm³/mol. The minimum Gasteiger partial charge on any atom is -0.361 e. The third-order valence-electron chi connectivity index (χ3n) is 3.76. The molecule has 3 rings (SSSR count). The lowest BCUT2D eigenvalue weighted by Crippen LogP contribution is -2.11. The molecule has 1 atom stereocenters. The van der Waals surface area contributed by atoms with E-state index in [0.717, 1.165) is 47.9 Å². The summed E-state index contributed by atoms with van der Waals surface area (Å²) in [4.78, 5) is 4.77. The molecule has 1 N–H and O–H groups in total. The molecule has 1 aliphatic heterocycles. The Morgan fingerprint density at radius 2 is 2.10 bits per heavy atom. The minimum atomic E-state index is 0. The van der Waals surface area contributed by atoms with Gasteiger partial charge in [0.1, 0.15) is 5.76 Å². The summed E-state index contributed by atoms with van der Waals surface area (Å²) in [5.41, 5.74) is 4.07. The monoisotopic (exact) mass is 329 g/mol. The SMILES string of the molecule is Cc1noc(C)c1-c1cccc(CC2CCNC2)n1.Cl.Cl. The van der Waals surface area contributed by atoms with Gasteiger partial charge in [-0.1, -0.05) is 11.2 Å². The molecule has 3 heterocycles. The second-order valence-corrected chi connectivity index (χ2v) is 5.28. The van der Waals surface area contributed by atoms with Crippen molar-refractivity contribution < 1.29 is 4.52 Å². The third kappa shape index (κ3) is 3.96. The van der Waals surface area contributed by atoms with Gasteiger partial charge in [0.2, 0.25) is 0 Å². The Morgan fingerprint density at radius 1 is 1.29 bits per heavy atom. The minimum absolute atomic E-state index is 0. The van der Waals surface area contributed by atoms with Crippen LogP contribution in [0, 0.1) is 19.8 Å². The highest BCUT2D eigenvalue weighted by Gasteiger charge is 2.17. The topological polar surface area (TPSA) is 51.0 Å². The van der Waals surface area contributed by atoms with E-state index in [1.807, 2.05) is 19.9 Å². The van der Waals surface area contributed by atoms with Crippen molar-refractivity contribution in [2.75, 3.05) is 13.1 Å². The normalized spacial score (nSPS) is 17.1. The van der Waals surface area contributed by atoms with E-state index in [-0.39, 0.29) is 24.8 Å². The van der Waals surface area contributed by atoms with Gasteiger partial charge >= 0.3 is 0 Å². The summed E-state index contributed by atoms with van der Waals surface area (Å²) in [5.74, 6) is 1.55. The van der Waals surface area contributed by atoms with Gasteiger partial charge in [-0.25, -0.2) is 0 Å². The molecule has 1 unspecified atom stereocenters. The first-order valence-corrected chi connectivity index (χ1v) is 6.84. The van der Waals surface area contributed by atoms with Gasteiger partial charge in [0, 0.05) is 5.69 Å². The maximum absolute atomic E-state index is 5.22. The van der Waals surface area contributed by atoms with Crippen LogP contribution >= 0.6 is 24.8 Å². The van der Waals surface area contributed by atoms with Crippen molar-refractivity contribution in [2.45, 2.75) is 26.7 Å². The molecule has 116 valence electrons. The number of nitrogens with one attached hydrogen (secondary N) is 1. The Labute approximate surface area is 137 Å². The molecular formula is C15H21Cl2N3O. The zero-order valence-corrected chi connectivity index (χ0v) is 13.9. The van der Waals surface area contributed by atoms with Gasteiger partial charge in [0.25, 0.3) is 0 Å². The Balaban J connectivity index is 0.00000110. The van der Waals surface area contributed by atoms with Crippen LogP contribution in [0.5, 0.6) is 0 Å². The fraction of sp³-hybridized carbons (Fsp3) is 0.467. The van der Waals surface area contributed by atoms with Crippen LogP contribution < -0.4 is 5.32 Å². The Hall–Kier alpha value is -1.10. The Morgan fingerprint density at radius 3 is 2.71 bits per heavy atom. The van der Waals surface area contributed by atoms with Gasteiger partial charge in [-0.15, -0.1) is 24.8 Å². The first-order valence-electron chi connectivity index (χ1n) is 6.84. The van der Waals surface area contributed by atoms with Gasteiger partial charge in [-0.3, -0.25) is 4.98 Å². The van der Waals surface area contributed by atoms with Crippen LogP contribution in [0.3, 0.4) is 0 Å². The molecule has 4 nitrogen and oxygen atoms in total. The first kappa shape index (κ1) is 18.0. The van der Waals surface area contributed by atoms with E-state index in [2.05, 4.69) is 22.6 Å². The van der Waals surface area contributed by atoms with Crippen LogP contribution in [-0.2, 0) is 6.42 Å². The van der Waals surface area contributed by atoms with E-state index in [1.54, 1.807) is 0 Å². The molecule has 0 amide bonds. The van der Waals surface area contributed by atoms with Gasteiger partial charge in [-0.05, 0) is 57.8 Å². The van der Waals surface area contributed by atoms with Gasteiger partial charge in [-0.2, -0.15) is 0 Å². The van der Waals surface area contributed by atoms with E-state index in [9.17, 15) is 0 Å². The third-order valence-corrected chi connectivity index (χ3v) is 3.76. The molecule has 0 bridgehead atoms. The van der Waals surface area contributed by atoms with Crippen LogP contribution in [0.15, 0.2) is 22.7 Å². The molecule has 0 aliphatic carbocycles. The van der Waals surface area contributed by atoms with Gasteiger partial charge < -0.3 is 9.84 Å². The molecule has 0 radical (unpaired) electrons. The second kappa shape index (κ2) is 7.78. The molecule has 1 saturated heterocycles. The average Bonchev–Trinajstić information content (AvgIpc) is 3.00. The second-order valence-electron chi connectivity index (χ2n) is 5.28. The molecule has 1 fully saturated rings. The molecule has 2 aromatic rings. The summed E-state index contributed by atoms with van der Waals surface area (Å²) in [6.07, 6.45) is 2.29. The van der Waals surface area contributed by atoms with Crippen molar-refractivity contribution in [3.63, 3.8) is 0 Å². The lowest BCUT2D eigenvalue weighted by molar-refractivity contribution is 0.393. The number of nitrogens with zero attached hydrogens (tertiary/aromatic N) is 2. The maximum Gasteiger partial charge on any atom is 0.143 e. The van der Waals surface area contributed by atoms with E-state index in [1.165, 1.54) is 6.42 Å². The number of aryl methyl sites for hydroxylation is 2. The maximum atomic E-state index is 5.22. The summed E-state index contributed by atoms with van der Waals surface area (Å²) in [6, 6.07) is 6.22. The van der Waals surface area contributed by atoms with Crippen molar-refractivity contribution >= 4 is 24.8 Å². The number of pyridine rings is 1. The zero-order chi connectivity index (χ0) is 13.2. The summed E-state index contributed by atoms with van der Waals surface area (Å²) < 4.78 is 5.22. The van der Waals surface area contributed by atoms with Crippen LogP contribution in [0.25, 0.3) is 11.3 Å². The lowest BCUT2D eigenvalue weighted by Gasteiger charge is -2.08. The van der Waals surface area contributed by atoms with Crippen molar-refractivity contribution in [2.24, 2.45) is 5.92 Å². The van der Waals surface area contributed by atoms with E-state index < -0.39 is 0 Å². The summed E-state index contributed by atoms with van der Waals surface area (Å²) in [6.45, 7) is 6.14. The van der Waals surface area contributed by atoms with Crippen LogP contribution in [0.1, 0.15) is 23.6 Å². The largest absolute Gasteiger partial charge is 0.361 e. The highest BCUT2D eigenvalue weighted by molar-refractivity contribution is 5.85. The van der Waals surface area contributed by atoms with Crippen LogP contribution in [0.2, 0.25) is 0 Å². The predicted octanol–water partition coefficient (Wildman–Crippen LogP) is 3.35. The molecular weight excluding hydrogens is 309 g/mol. The fourth-order valence-corrected chi connectivity index (χ4v) is 2.77. The van der Waals surface area contributed by atoms with Gasteiger partial charge in [0.15, 0.2) is 0 Å². The molecule has 0 saturated carbocycles. The number of hydrogen-bond donors (Lipinski definition) is 1. The van der Waals surface area contributed by atoms with Crippen LogP contribution in [-0.4, -0.2) is 23.2 Å². The molecule has 0 spiro atoms. The van der Waals surface area contributed by atoms with E-state index >= 15 is 0 Å². The molecule has 21 heavy (non-hydrogen) atoms. The molecule has 2 aromatic heterocycles. The van der Waals surface area contributed by atoms with Crippen molar-refractivity contribution in [3.8, 4) is 11.3 Å². The standard InChI is InChI=1S/C15H19N3O.2ClH/c1-10-15(11(2)19-18-10)14-5-3-4-13(17-14)8-12-6-7-16-9-12;;/h3-5,12,16H,6-9H2,1-2H3;2*1H. The smallest absolute Gasteiger partial charge is 0.143 e. The highest BCUT2D eigenvalue weighted by atomic mass is 35.5. The quantitative estimate of drug-likeness (QED) is 0.938. The van der Waals surface area contributed by atoms with Crippen molar-refractivity contribution in [1.82, 2.24) is 15.5 Å². The molecule has 6 heteroatoms. The summed E-state index contributed by atoms with van der Waals surface area (Å²) in [7, 11) is 0. The number of hydrogen-bond acceptors (Lipinski definition) is 4. The summed E-state index contributed by atoms with van der Waals surface area (Å²) in [5, 5.41) is 7.40. The van der Waals surface area contributed by atoms with Crippen LogP contribution in [0.4, 0.5) is 0 Å². The number of halogens is 2. The summed E-state index contributed by atoms with van der Waals surface area (Å²) >= 11 is 0. The zero-order valence-electron chi connectivity index (χ0n) is 12.3. The number of aromatic nitrogens is 2. The van der Waals surface area contributed by atoms with E-state index in [0.29, 0.717) is 5.92 Å². The molecule has 0 aromatic carbocycles. The average molecular weight is 330 g/mol. The van der Waals surface area contributed by atoms with E-state index in [4.69, 9.17) is 9.51 Å². The number of rotatable bonds is 3. The highest BCUT2D eigenvalue weighted by Crippen LogP contribution is 2.25. The Kier molecular flexibility index (Phi) is 6.65. The Bertz CT molecular complexity index is 561. The first-order chi connectivity index (χ1) is 9.24. The van der Waals surface area contributed by atoms with Crippen molar-refractivity contribution in [1.29, 1.82) is 0 Å².